The van der Waals surface area contributed by atoms with Crippen LogP contribution in [-0.2, 0) is 28.8 Å². The third kappa shape index (κ3) is 4.35. The maximum absolute atomic E-state index is 13.6. The van der Waals surface area contributed by atoms with Gasteiger partial charge in [0.1, 0.15) is 10.5 Å². The first-order valence-electron chi connectivity index (χ1n) is 11.8. The van der Waals surface area contributed by atoms with E-state index in [1.807, 2.05) is 60.7 Å². The monoisotopic (exact) mass is 516 g/mol. The molecule has 0 amide bonds. The lowest BCUT2D eigenvalue weighted by Crippen LogP contribution is -2.37. The highest BCUT2D eigenvalue weighted by Gasteiger charge is 2.47. The zero-order valence-electron chi connectivity index (χ0n) is 19.7. The lowest BCUT2D eigenvalue weighted by Gasteiger charge is -2.28. The molecule has 0 spiro atoms. The molecule has 2 aromatic carbocycles. The molecule has 2 aromatic rings. The maximum Gasteiger partial charge on any atom is 0.239 e. The van der Waals surface area contributed by atoms with Gasteiger partial charge in [-0.25, -0.2) is 18.4 Å². The minimum absolute atomic E-state index is 0.0183. The van der Waals surface area contributed by atoms with Gasteiger partial charge in [-0.05, 0) is 35.4 Å². The maximum atomic E-state index is 13.6. The summed E-state index contributed by atoms with van der Waals surface area (Å²) in [5.74, 6) is 0.705. The van der Waals surface area contributed by atoms with Crippen LogP contribution in [0.5, 0.6) is 0 Å². The van der Waals surface area contributed by atoms with Crippen LogP contribution >= 0.6 is 0 Å². The molecule has 6 rings (SSSR count). The highest BCUT2D eigenvalue weighted by molar-refractivity contribution is 7.93. The summed E-state index contributed by atoms with van der Waals surface area (Å²) < 4.78 is 50.0. The van der Waals surface area contributed by atoms with Crippen molar-refractivity contribution in [2.45, 2.75) is 21.9 Å². The average Bonchev–Trinajstić information content (AvgIpc) is 3.56. The highest BCUT2D eigenvalue weighted by atomic mass is 32.2. The van der Waals surface area contributed by atoms with Gasteiger partial charge in [0.2, 0.25) is 11.4 Å². The van der Waals surface area contributed by atoms with Crippen molar-refractivity contribution in [3.8, 4) is 0 Å². The second-order valence-electron chi connectivity index (χ2n) is 8.84. The van der Waals surface area contributed by atoms with E-state index < -0.39 is 31.8 Å². The minimum atomic E-state index is -3.75. The van der Waals surface area contributed by atoms with Crippen LogP contribution in [-0.4, -0.2) is 56.4 Å². The van der Waals surface area contributed by atoms with Crippen LogP contribution in [0, 0.1) is 0 Å². The number of sulfone groups is 1. The smallest absolute Gasteiger partial charge is 0.239 e. The molecule has 4 unspecified atom stereocenters. The Labute approximate surface area is 214 Å². The first-order valence-corrected chi connectivity index (χ1v) is 13.4. The fraction of sp³-hybridized carbons (Fsp3) is 0.214. The Kier molecular flexibility index (Phi) is 5.91. The molecule has 0 N–H and O–H groups in total. The minimum Gasteiger partial charge on any atom is -0.466 e. The van der Waals surface area contributed by atoms with E-state index in [1.54, 1.807) is 48.9 Å². The summed E-state index contributed by atoms with van der Waals surface area (Å²) in [7, 11) is -3.75. The van der Waals surface area contributed by atoms with Crippen molar-refractivity contribution in [3.63, 3.8) is 0 Å². The molecule has 2 heterocycles. The summed E-state index contributed by atoms with van der Waals surface area (Å²) in [4.78, 5) is 9.15. The number of hydrogen-bond donors (Lipinski definition) is 0. The molecular formula is C28H24N2O6S. The van der Waals surface area contributed by atoms with E-state index >= 15 is 0 Å². The van der Waals surface area contributed by atoms with Crippen LogP contribution in [0.3, 0.4) is 0 Å². The molecule has 0 radical (unpaired) electrons. The Hall–Kier alpha value is -3.79. The van der Waals surface area contributed by atoms with Crippen LogP contribution in [0.2, 0.25) is 0 Å². The first kappa shape index (κ1) is 23.6. The van der Waals surface area contributed by atoms with Crippen LogP contribution in [0.15, 0.2) is 119 Å². The van der Waals surface area contributed by atoms with Crippen molar-refractivity contribution in [1.29, 1.82) is 0 Å². The third-order valence-electron chi connectivity index (χ3n) is 6.52. The van der Waals surface area contributed by atoms with E-state index in [0.29, 0.717) is 11.5 Å². The Bertz CT molecular complexity index is 1360. The number of ether oxygens (including phenoxy) is 4. The number of nitrogens with zero attached hydrogens (tertiary/aromatic N) is 2. The Morgan fingerprint density at radius 3 is 1.57 bits per heavy atom. The fourth-order valence-corrected chi connectivity index (χ4v) is 6.05. The number of rotatable bonds is 6. The molecule has 2 aliphatic carbocycles. The Balaban J connectivity index is 1.24. The molecule has 2 aliphatic heterocycles. The molecule has 8 nitrogen and oxygen atoms in total. The van der Waals surface area contributed by atoms with Gasteiger partial charge in [-0.2, -0.15) is 0 Å². The zero-order valence-corrected chi connectivity index (χ0v) is 20.5. The van der Waals surface area contributed by atoms with Gasteiger partial charge in [0.05, 0.1) is 0 Å². The van der Waals surface area contributed by atoms with Crippen molar-refractivity contribution in [2.24, 2.45) is 9.98 Å². The summed E-state index contributed by atoms with van der Waals surface area (Å²) in [5, 5.41) is -1.86. The topological polar surface area (TPSA) is 95.8 Å². The van der Waals surface area contributed by atoms with Crippen molar-refractivity contribution < 1.29 is 27.4 Å². The molecule has 4 aliphatic rings. The van der Waals surface area contributed by atoms with Crippen molar-refractivity contribution in [2.75, 3.05) is 13.6 Å². The lowest BCUT2D eigenvalue weighted by atomic mass is 10.0. The van der Waals surface area contributed by atoms with Gasteiger partial charge in [-0.1, -0.05) is 72.8 Å². The number of fused-ring (bicyclic) bond motifs is 2. The molecule has 4 atom stereocenters. The fourth-order valence-electron chi connectivity index (χ4n) is 4.47. The normalized spacial score (nSPS) is 30.5. The number of hydrogen-bond acceptors (Lipinski definition) is 8. The Morgan fingerprint density at radius 1 is 0.703 bits per heavy atom. The highest BCUT2D eigenvalue weighted by Crippen LogP contribution is 2.40. The second-order valence-corrected chi connectivity index (χ2v) is 11.1. The number of benzene rings is 2. The van der Waals surface area contributed by atoms with E-state index in [1.165, 1.54) is 0 Å². The van der Waals surface area contributed by atoms with E-state index in [9.17, 15) is 8.42 Å². The predicted molar refractivity (Wildman–Crippen MR) is 139 cm³/mol. The van der Waals surface area contributed by atoms with Gasteiger partial charge >= 0.3 is 0 Å². The van der Waals surface area contributed by atoms with E-state index in [0.717, 1.165) is 11.1 Å². The van der Waals surface area contributed by atoms with Gasteiger partial charge < -0.3 is 18.9 Å². The largest absolute Gasteiger partial charge is 0.466 e. The molecule has 2 saturated heterocycles. The van der Waals surface area contributed by atoms with Crippen molar-refractivity contribution in [3.05, 3.63) is 120 Å². The van der Waals surface area contributed by atoms with E-state index in [-0.39, 0.29) is 13.6 Å². The molecule has 188 valence electrons. The second kappa shape index (κ2) is 9.26. The Morgan fingerprint density at radius 2 is 1.14 bits per heavy atom. The molecule has 0 bridgehead atoms. The standard InChI is InChI=1S/C28H24N2O6S/c31-37(32,23-11-13-27(25(15-23)33-19-35-27)29-17-21-7-3-1-4-8-21)24-12-14-28(26(16-24)34-20-36-28)30-18-22-9-5-2-6-10-22/h1-18,23-24H,19-20H2. The third-order valence-corrected chi connectivity index (χ3v) is 8.62. The van der Waals surface area contributed by atoms with Crippen LogP contribution in [0.1, 0.15) is 11.1 Å². The van der Waals surface area contributed by atoms with Gasteiger partial charge in [0.15, 0.2) is 34.9 Å². The molecule has 0 saturated carbocycles. The zero-order chi connectivity index (χ0) is 25.3. The van der Waals surface area contributed by atoms with Gasteiger partial charge in [0.25, 0.3) is 0 Å². The quantitative estimate of drug-likeness (QED) is 0.429. The summed E-state index contributed by atoms with van der Waals surface area (Å²) in [5.41, 5.74) is -0.559. The summed E-state index contributed by atoms with van der Waals surface area (Å²) in [6.07, 6.45) is 12.9. The van der Waals surface area contributed by atoms with Crippen molar-refractivity contribution in [1.82, 2.24) is 0 Å². The molecule has 2 fully saturated rings. The summed E-state index contributed by atoms with van der Waals surface area (Å²) in [6.45, 7) is -0.0366. The molecule has 9 heteroatoms. The van der Waals surface area contributed by atoms with Crippen LogP contribution < -0.4 is 0 Å². The SMILES string of the molecule is O=S(=O)(C1C=CC2(N=Cc3ccccc3)OCOC2=C1)C1C=CC2(N=Cc3ccccc3)OCOC2=C1. The predicted octanol–water partition coefficient (Wildman–Crippen LogP) is 3.69. The van der Waals surface area contributed by atoms with Gasteiger partial charge in [-0.15, -0.1) is 0 Å². The van der Waals surface area contributed by atoms with Crippen LogP contribution in [0.4, 0.5) is 0 Å². The van der Waals surface area contributed by atoms with Crippen molar-refractivity contribution >= 4 is 22.3 Å². The average molecular weight is 517 g/mol. The van der Waals surface area contributed by atoms with E-state index in [2.05, 4.69) is 9.98 Å². The lowest BCUT2D eigenvalue weighted by molar-refractivity contribution is 0.0213. The van der Waals surface area contributed by atoms with E-state index in [4.69, 9.17) is 18.9 Å². The van der Waals surface area contributed by atoms with Gasteiger partial charge in [-0.3, -0.25) is 0 Å². The summed E-state index contributed by atoms with van der Waals surface area (Å²) >= 11 is 0. The first-order chi connectivity index (χ1) is 18.0. The van der Waals surface area contributed by atoms with Gasteiger partial charge in [0, 0.05) is 12.4 Å². The molecule has 0 aromatic heterocycles. The summed E-state index contributed by atoms with van der Waals surface area (Å²) in [6, 6.07) is 19.2. The molecular weight excluding hydrogens is 492 g/mol. The molecule has 37 heavy (non-hydrogen) atoms. The van der Waals surface area contributed by atoms with Crippen LogP contribution in [0.25, 0.3) is 0 Å². The number of aliphatic imine (C=N–C) groups is 2.